The lowest BCUT2D eigenvalue weighted by atomic mass is 9.80. The number of benzene rings is 1. The summed E-state index contributed by atoms with van der Waals surface area (Å²) in [5, 5.41) is 2.99. The van der Waals surface area contributed by atoms with E-state index in [0.717, 1.165) is 25.8 Å². The van der Waals surface area contributed by atoms with Crippen LogP contribution in [0, 0.1) is 12.8 Å². The van der Waals surface area contributed by atoms with E-state index in [1.807, 2.05) is 12.1 Å². The molecule has 92 valence electrons. The molecule has 1 amide bonds. The zero-order valence-corrected chi connectivity index (χ0v) is 10.3. The van der Waals surface area contributed by atoms with Crippen LogP contribution in [0.15, 0.2) is 24.3 Å². The number of nitrogens with one attached hydrogen (secondary N) is 1. The van der Waals surface area contributed by atoms with Crippen LogP contribution in [0.1, 0.15) is 24.0 Å². The van der Waals surface area contributed by atoms with E-state index in [4.69, 9.17) is 5.73 Å². The van der Waals surface area contributed by atoms with Gasteiger partial charge in [-0.3, -0.25) is 4.79 Å². The van der Waals surface area contributed by atoms with Crippen LogP contribution < -0.4 is 11.1 Å². The number of amides is 1. The Morgan fingerprint density at radius 1 is 1.41 bits per heavy atom. The SMILES string of the molecule is Cc1ccccc1CCNC(=O)C1CC(N)C1. The third kappa shape index (κ3) is 3.07. The quantitative estimate of drug-likeness (QED) is 0.824. The minimum Gasteiger partial charge on any atom is -0.356 e. The zero-order chi connectivity index (χ0) is 12.3. The van der Waals surface area contributed by atoms with Crippen LogP contribution in [0.25, 0.3) is 0 Å². The van der Waals surface area contributed by atoms with Gasteiger partial charge in [0.25, 0.3) is 0 Å². The molecule has 1 aliphatic rings. The summed E-state index contributed by atoms with van der Waals surface area (Å²) in [5.41, 5.74) is 8.25. The van der Waals surface area contributed by atoms with Crippen molar-refractivity contribution >= 4 is 5.91 Å². The summed E-state index contributed by atoms with van der Waals surface area (Å²) >= 11 is 0. The molecule has 1 aliphatic carbocycles. The lowest BCUT2D eigenvalue weighted by Gasteiger charge is -2.31. The molecular weight excluding hydrogens is 212 g/mol. The van der Waals surface area contributed by atoms with Crippen molar-refractivity contribution in [3.63, 3.8) is 0 Å². The van der Waals surface area contributed by atoms with Crippen molar-refractivity contribution in [3.8, 4) is 0 Å². The Morgan fingerprint density at radius 2 is 2.12 bits per heavy atom. The van der Waals surface area contributed by atoms with Crippen molar-refractivity contribution in [1.29, 1.82) is 0 Å². The van der Waals surface area contributed by atoms with Gasteiger partial charge in [0, 0.05) is 18.5 Å². The summed E-state index contributed by atoms with van der Waals surface area (Å²) in [6.45, 7) is 2.82. The maximum Gasteiger partial charge on any atom is 0.223 e. The van der Waals surface area contributed by atoms with Crippen molar-refractivity contribution in [3.05, 3.63) is 35.4 Å². The predicted octanol–water partition coefficient (Wildman–Crippen LogP) is 1.39. The van der Waals surface area contributed by atoms with Crippen molar-refractivity contribution in [1.82, 2.24) is 5.32 Å². The van der Waals surface area contributed by atoms with E-state index in [1.54, 1.807) is 0 Å². The Balaban J connectivity index is 1.73. The number of hydrogen-bond donors (Lipinski definition) is 2. The first-order valence-corrected chi connectivity index (χ1v) is 6.24. The van der Waals surface area contributed by atoms with Gasteiger partial charge in [0.2, 0.25) is 5.91 Å². The fourth-order valence-electron chi connectivity index (χ4n) is 2.23. The average molecular weight is 232 g/mol. The van der Waals surface area contributed by atoms with E-state index >= 15 is 0 Å². The minimum absolute atomic E-state index is 0.155. The van der Waals surface area contributed by atoms with Crippen LogP contribution in [0.4, 0.5) is 0 Å². The lowest BCUT2D eigenvalue weighted by molar-refractivity contribution is -0.127. The van der Waals surface area contributed by atoms with E-state index in [-0.39, 0.29) is 17.9 Å². The van der Waals surface area contributed by atoms with Crippen LogP contribution >= 0.6 is 0 Å². The van der Waals surface area contributed by atoms with Crippen LogP contribution in [0.2, 0.25) is 0 Å². The fraction of sp³-hybridized carbons (Fsp3) is 0.500. The summed E-state index contributed by atoms with van der Waals surface area (Å²) in [6.07, 6.45) is 2.59. The normalized spacial score (nSPS) is 22.9. The molecule has 0 bridgehead atoms. The summed E-state index contributed by atoms with van der Waals surface area (Å²) in [4.78, 5) is 11.7. The molecule has 0 aromatic heterocycles. The van der Waals surface area contributed by atoms with Gasteiger partial charge in [-0.05, 0) is 37.3 Å². The Bertz CT molecular complexity index is 397. The molecule has 0 unspecified atom stereocenters. The second-order valence-corrected chi connectivity index (χ2v) is 4.90. The van der Waals surface area contributed by atoms with Gasteiger partial charge in [-0.25, -0.2) is 0 Å². The van der Waals surface area contributed by atoms with E-state index in [1.165, 1.54) is 11.1 Å². The Labute approximate surface area is 102 Å². The molecular formula is C14H20N2O. The molecule has 3 N–H and O–H groups in total. The van der Waals surface area contributed by atoms with Gasteiger partial charge in [-0.1, -0.05) is 24.3 Å². The van der Waals surface area contributed by atoms with E-state index in [9.17, 15) is 4.79 Å². The number of carbonyl (C=O) groups is 1. The van der Waals surface area contributed by atoms with Crippen molar-refractivity contribution < 1.29 is 4.79 Å². The van der Waals surface area contributed by atoms with Gasteiger partial charge in [0.1, 0.15) is 0 Å². The van der Waals surface area contributed by atoms with Gasteiger partial charge in [-0.15, -0.1) is 0 Å². The van der Waals surface area contributed by atoms with E-state index < -0.39 is 0 Å². The molecule has 17 heavy (non-hydrogen) atoms. The molecule has 3 heteroatoms. The lowest BCUT2D eigenvalue weighted by Crippen LogP contribution is -2.45. The highest BCUT2D eigenvalue weighted by Gasteiger charge is 2.31. The summed E-state index contributed by atoms with van der Waals surface area (Å²) < 4.78 is 0. The first kappa shape index (κ1) is 12.1. The highest BCUT2D eigenvalue weighted by atomic mass is 16.1. The smallest absolute Gasteiger partial charge is 0.223 e. The zero-order valence-electron chi connectivity index (χ0n) is 10.3. The molecule has 0 saturated heterocycles. The fourth-order valence-corrected chi connectivity index (χ4v) is 2.23. The maximum absolute atomic E-state index is 11.7. The molecule has 3 nitrogen and oxygen atoms in total. The molecule has 2 rings (SSSR count). The summed E-state index contributed by atoms with van der Waals surface area (Å²) in [6, 6.07) is 8.52. The molecule has 0 aliphatic heterocycles. The van der Waals surface area contributed by atoms with Crippen molar-refractivity contribution in [2.24, 2.45) is 11.7 Å². The van der Waals surface area contributed by atoms with Gasteiger partial charge in [-0.2, -0.15) is 0 Å². The molecule has 0 atom stereocenters. The van der Waals surface area contributed by atoms with Gasteiger partial charge >= 0.3 is 0 Å². The predicted molar refractivity (Wildman–Crippen MR) is 68.6 cm³/mol. The Kier molecular flexibility index (Phi) is 3.79. The highest BCUT2D eigenvalue weighted by molar-refractivity contribution is 5.79. The van der Waals surface area contributed by atoms with Gasteiger partial charge in [0.05, 0.1) is 0 Å². The molecule has 0 radical (unpaired) electrons. The molecule has 1 aromatic rings. The van der Waals surface area contributed by atoms with Crippen molar-refractivity contribution in [2.75, 3.05) is 6.54 Å². The van der Waals surface area contributed by atoms with Crippen LogP contribution in [-0.2, 0) is 11.2 Å². The average Bonchev–Trinajstić information content (AvgIpc) is 2.27. The summed E-state index contributed by atoms with van der Waals surface area (Å²) in [5.74, 6) is 0.321. The van der Waals surface area contributed by atoms with E-state index in [0.29, 0.717) is 0 Å². The highest BCUT2D eigenvalue weighted by Crippen LogP contribution is 2.25. The second kappa shape index (κ2) is 5.32. The number of rotatable bonds is 4. The number of nitrogens with two attached hydrogens (primary N) is 1. The standard InChI is InChI=1S/C14H20N2O/c1-10-4-2-3-5-11(10)6-7-16-14(17)12-8-13(15)9-12/h2-5,12-13H,6-9,15H2,1H3,(H,16,17). The third-order valence-corrected chi connectivity index (χ3v) is 3.50. The number of carbonyl (C=O) groups excluding carboxylic acids is 1. The monoisotopic (exact) mass is 232 g/mol. The number of aryl methyl sites for hydroxylation is 1. The first-order chi connectivity index (χ1) is 8.16. The summed E-state index contributed by atoms with van der Waals surface area (Å²) in [7, 11) is 0. The molecule has 0 spiro atoms. The third-order valence-electron chi connectivity index (χ3n) is 3.50. The van der Waals surface area contributed by atoms with Gasteiger partial charge in [0.15, 0.2) is 0 Å². The Hall–Kier alpha value is -1.35. The minimum atomic E-state index is 0.155. The molecule has 1 aromatic carbocycles. The van der Waals surface area contributed by atoms with Crippen LogP contribution in [0.5, 0.6) is 0 Å². The molecule has 1 saturated carbocycles. The Morgan fingerprint density at radius 3 is 2.76 bits per heavy atom. The maximum atomic E-state index is 11.7. The topological polar surface area (TPSA) is 55.1 Å². The largest absolute Gasteiger partial charge is 0.356 e. The first-order valence-electron chi connectivity index (χ1n) is 6.24. The van der Waals surface area contributed by atoms with E-state index in [2.05, 4.69) is 24.4 Å². The number of hydrogen-bond acceptors (Lipinski definition) is 2. The molecule has 0 heterocycles. The second-order valence-electron chi connectivity index (χ2n) is 4.90. The van der Waals surface area contributed by atoms with Crippen molar-refractivity contribution in [2.45, 2.75) is 32.2 Å². The van der Waals surface area contributed by atoms with Crippen LogP contribution in [0.3, 0.4) is 0 Å². The van der Waals surface area contributed by atoms with Gasteiger partial charge < -0.3 is 11.1 Å². The molecule has 1 fully saturated rings. The van der Waals surface area contributed by atoms with Crippen LogP contribution in [-0.4, -0.2) is 18.5 Å².